The van der Waals surface area contributed by atoms with Crippen molar-refractivity contribution in [3.8, 4) is 11.4 Å². The molecule has 0 saturated heterocycles. The molecule has 0 unspecified atom stereocenters. The van der Waals surface area contributed by atoms with E-state index in [-0.39, 0.29) is 11.6 Å². The third kappa shape index (κ3) is 4.47. The van der Waals surface area contributed by atoms with E-state index in [0.717, 1.165) is 74.4 Å². The Bertz CT molecular complexity index is 2220. The number of aryl methyl sites for hydroxylation is 1. The fourth-order valence-corrected chi connectivity index (χ4v) is 6.44. The molecule has 7 aromatic rings. The van der Waals surface area contributed by atoms with Crippen molar-refractivity contribution in [1.29, 1.82) is 0 Å². The molecule has 0 amide bonds. The maximum Gasteiger partial charge on any atom is 0.193 e. The molecule has 5 aromatic carbocycles. The van der Waals surface area contributed by atoms with Gasteiger partial charge in [-0.05, 0) is 99.1 Å². The summed E-state index contributed by atoms with van der Waals surface area (Å²) in [5.74, 6) is 0.889. The lowest BCUT2D eigenvalue weighted by atomic mass is 10.00. The van der Waals surface area contributed by atoms with E-state index in [9.17, 15) is 9.59 Å². The average Bonchev–Trinajstić information content (AvgIpc) is 3.56. The first-order valence-corrected chi connectivity index (χ1v) is 15.4. The summed E-state index contributed by atoms with van der Waals surface area (Å²) >= 11 is 0. The Morgan fingerprint density at radius 1 is 0.659 bits per heavy atom. The van der Waals surface area contributed by atoms with Crippen LogP contribution in [0.1, 0.15) is 59.9 Å². The monoisotopic (exact) mass is 578 g/mol. The van der Waals surface area contributed by atoms with Crippen LogP contribution < -0.4 is 4.74 Å². The number of rotatable bonds is 9. The summed E-state index contributed by atoms with van der Waals surface area (Å²) in [5.41, 5.74) is 7.19. The first-order valence-electron chi connectivity index (χ1n) is 15.4. The lowest BCUT2D eigenvalue weighted by Crippen LogP contribution is -2.02. The zero-order valence-electron chi connectivity index (χ0n) is 25.3. The number of benzene rings is 5. The number of fused-ring (bicyclic) bond motifs is 6. The predicted octanol–water partition coefficient (Wildman–Crippen LogP) is 9.52. The van der Waals surface area contributed by atoms with E-state index in [0.29, 0.717) is 23.3 Å². The smallest absolute Gasteiger partial charge is 0.193 e. The van der Waals surface area contributed by atoms with Gasteiger partial charge in [0, 0.05) is 61.5 Å². The molecule has 0 N–H and O–H groups in total. The van der Waals surface area contributed by atoms with E-state index in [4.69, 9.17) is 4.74 Å². The van der Waals surface area contributed by atoms with E-state index < -0.39 is 0 Å². The van der Waals surface area contributed by atoms with Crippen LogP contribution in [0.2, 0.25) is 0 Å². The zero-order valence-corrected chi connectivity index (χ0v) is 25.3. The Morgan fingerprint density at radius 3 is 2.02 bits per heavy atom. The maximum atomic E-state index is 13.8. The van der Waals surface area contributed by atoms with E-state index in [1.165, 1.54) is 0 Å². The Balaban J connectivity index is 1.28. The molecule has 0 saturated carbocycles. The minimum absolute atomic E-state index is 0.0279. The van der Waals surface area contributed by atoms with Crippen LogP contribution in [-0.4, -0.2) is 27.3 Å². The molecule has 0 aliphatic rings. The summed E-state index contributed by atoms with van der Waals surface area (Å²) in [6, 6.07) is 34.2. The third-order valence-electron chi connectivity index (χ3n) is 8.65. The number of Topliss-reactive ketones (excluding diaryl/α,β-unsaturated/α-hetero) is 1. The predicted molar refractivity (Wildman–Crippen MR) is 180 cm³/mol. The van der Waals surface area contributed by atoms with Gasteiger partial charge in [0.25, 0.3) is 0 Å². The highest BCUT2D eigenvalue weighted by molar-refractivity contribution is 6.16. The Labute approximate surface area is 256 Å². The van der Waals surface area contributed by atoms with Crippen LogP contribution in [0.3, 0.4) is 0 Å². The third-order valence-corrected chi connectivity index (χ3v) is 8.65. The van der Waals surface area contributed by atoms with Gasteiger partial charge in [-0.3, -0.25) is 9.59 Å². The first kappa shape index (κ1) is 27.7. The highest BCUT2D eigenvalue weighted by Gasteiger charge is 2.18. The van der Waals surface area contributed by atoms with Crippen LogP contribution >= 0.6 is 0 Å². The summed E-state index contributed by atoms with van der Waals surface area (Å²) < 4.78 is 10.7. The van der Waals surface area contributed by atoms with E-state index >= 15 is 0 Å². The van der Waals surface area contributed by atoms with Crippen LogP contribution in [0.25, 0.3) is 49.3 Å². The molecule has 0 radical (unpaired) electrons. The second-order valence-electron chi connectivity index (χ2n) is 11.3. The molecular formula is C39H34N2O3. The average molecular weight is 579 g/mol. The van der Waals surface area contributed by atoms with Crippen LogP contribution in [0.15, 0.2) is 103 Å². The van der Waals surface area contributed by atoms with Gasteiger partial charge in [0.2, 0.25) is 0 Å². The SMILES string of the molecule is CCCCOc1cccc2c1c1ccccc1n2-c1ccc(C(=O)c2ccc3c(c2)c2cc(C(C)=O)ccc2n3CC)cc1. The number of ketones is 2. The normalized spacial score (nSPS) is 11.6. The molecular weight excluding hydrogens is 544 g/mol. The second kappa shape index (κ2) is 11.2. The van der Waals surface area contributed by atoms with Gasteiger partial charge in [-0.2, -0.15) is 0 Å². The molecule has 218 valence electrons. The summed E-state index contributed by atoms with van der Waals surface area (Å²) in [6.07, 6.45) is 2.09. The lowest BCUT2D eigenvalue weighted by Gasteiger charge is -2.10. The van der Waals surface area contributed by atoms with Gasteiger partial charge in [0.1, 0.15) is 5.75 Å². The molecule has 0 atom stereocenters. The van der Waals surface area contributed by atoms with Crippen LogP contribution in [0.4, 0.5) is 0 Å². The van der Waals surface area contributed by atoms with Gasteiger partial charge in [0.05, 0.1) is 17.6 Å². The van der Waals surface area contributed by atoms with Crippen molar-refractivity contribution in [3.63, 3.8) is 0 Å². The summed E-state index contributed by atoms with van der Waals surface area (Å²) in [5, 5.41) is 4.22. The molecule has 5 heteroatoms. The number of hydrogen-bond donors (Lipinski definition) is 0. The molecule has 44 heavy (non-hydrogen) atoms. The molecule has 0 bridgehead atoms. The molecule has 5 nitrogen and oxygen atoms in total. The number of para-hydroxylation sites is 1. The van der Waals surface area contributed by atoms with Crippen molar-refractivity contribution >= 4 is 55.2 Å². The molecule has 2 heterocycles. The van der Waals surface area contributed by atoms with Crippen molar-refractivity contribution in [2.75, 3.05) is 6.61 Å². The Hall–Kier alpha value is -5.16. The van der Waals surface area contributed by atoms with Crippen molar-refractivity contribution in [3.05, 3.63) is 120 Å². The minimum atomic E-state index is -0.0348. The topological polar surface area (TPSA) is 53.2 Å². The van der Waals surface area contributed by atoms with Crippen molar-refractivity contribution in [2.24, 2.45) is 0 Å². The van der Waals surface area contributed by atoms with E-state index in [1.54, 1.807) is 6.92 Å². The molecule has 7 rings (SSSR count). The molecule has 2 aromatic heterocycles. The lowest BCUT2D eigenvalue weighted by molar-refractivity contribution is 0.101. The first-order chi connectivity index (χ1) is 21.5. The molecule has 0 spiro atoms. The van der Waals surface area contributed by atoms with E-state index in [2.05, 4.69) is 53.3 Å². The number of hydrogen-bond acceptors (Lipinski definition) is 3. The number of nitrogens with zero attached hydrogens (tertiary/aromatic N) is 2. The highest BCUT2D eigenvalue weighted by atomic mass is 16.5. The van der Waals surface area contributed by atoms with Crippen molar-refractivity contribution in [1.82, 2.24) is 9.13 Å². The van der Waals surface area contributed by atoms with Gasteiger partial charge in [0.15, 0.2) is 11.6 Å². The van der Waals surface area contributed by atoms with Gasteiger partial charge in [-0.25, -0.2) is 0 Å². The molecule has 0 aliphatic heterocycles. The maximum absolute atomic E-state index is 13.8. The van der Waals surface area contributed by atoms with Crippen molar-refractivity contribution < 1.29 is 14.3 Å². The number of carbonyl (C=O) groups excluding carboxylic acids is 2. The number of unbranched alkanes of at least 4 members (excludes halogenated alkanes) is 1. The van der Waals surface area contributed by atoms with Crippen molar-refractivity contribution in [2.45, 2.75) is 40.2 Å². The highest BCUT2D eigenvalue weighted by Crippen LogP contribution is 2.38. The van der Waals surface area contributed by atoms with Gasteiger partial charge < -0.3 is 13.9 Å². The van der Waals surface area contributed by atoms with Gasteiger partial charge >= 0.3 is 0 Å². The number of carbonyl (C=O) groups is 2. The standard InChI is InChI=1S/C39H34N2O3/c1-4-6-22-44-37-13-9-12-36-38(37)30-10-7-8-11-35(30)41(36)29-18-14-26(15-19-29)39(43)28-17-21-34-32(24-28)31-23-27(25(3)42)16-20-33(31)40(34)5-2/h7-21,23-24H,4-6,22H2,1-3H3. The van der Waals surface area contributed by atoms with Crippen LogP contribution in [-0.2, 0) is 6.54 Å². The fourth-order valence-electron chi connectivity index (χ4n) is 6.44. The van der Waals surface area contributed by atoms with Crippen LogP contribution in [0, 0.1) is 0 Å². The second-order valence-corrected chi connectivity index (χ2v) is 11.3. The number of ether oxygens (including phenoxy) is 1. The fraction of sp³-hybridized carbons (Fsp3) is 0.179. The summed E-state index contributed by atoms with van der Waals surface area (Å²) in [6.45, 7) is 7.34. The largest absolute Gasteiger partial charge is 0.493 e. The van der Waals surface area contributed by atoms with Gasteiger partial charge in [-0.15, -0.1) is 0 Å². The number of aromatic nitrogens is 2. The summed E-state index contributed by atoms with van der Waals surface area (Å²) in [7, 11) is 0. The van der Waals surface area contributed by atoms with E-state index in [1.807, 2.05) is 72.8 Å². The van der Waals surface area contributed by atoms with Gasteiger partial charge in [-0.1, -0.05) is 37.6 Å². The zero-order chi connectivity index (χ0) is 30.4. The quantitative estimate of drug-likeness (QED) is 0.127. The summed E-state index contributed by atoms with van der Waals surface area (Å²) in [4.78, 5) is 25.9. The van der Waals surface area contributed by atoms with Crippen LogP contribution in [0.5, 0.6) is 5.75 Å². The Kier molecular flexibility index (Phi) is 7.01. The molecule has 0 fully saturated rings. The molecule has 0 aliphatic carbocycles. The Morgan fingerprint density at radius 2 is 1.32 bits per heavy atom. The minimum Gasteiger partial charge on any atom is -0.493 e.